The van der Waals surface area contributed by atoms with E-state index in [0.717, 1.165) is 0 Å². The zero-order valence-electron chi connectivity index (χ0n) is 11.0. The van der Waals surface area contributed by atoms with Gasteiger partial charge in [0.25, 0.3) is 0 Å². The molecule has 0 heterocycles. The van der Waals surface area contributed by atoms with Crippen LogP contribution < -0.4 is 0 Å². The molecule has 2 saturated carbocycles. The van der Waals surface area contributed by atoms with E-state index in [9.17, 15) is 0 Å². The van der Waals surface area contributed by atoms with Gasteiger partial charge < -0.3 is 0 Å². The molecule has 3 aliphatic rings. The minimum atomic E-state index is 0. The number of rotatable bonds is 1. The van der Waals surface area contributed by atoms with Gasteiger partial charge in [0.15, 0.2) is 0 Å². The Balaban J connectivity index is 0.000000205. The van der Waals surface area contributed by atoms with E-state index in [1.807, 2.05) is 0 Å². The van der Waals surface area contributed by atoms with Crippen LogP contribution >= 0.6 is 0 Å². The fourth-order valence-corrected chi connectivity index (χ4v) is 2.98. The third kappa shape index (κ3) is 5.62. The second-order valence-electron chi connectivity index (χ2n) is 5.36. The van der Waals surface area contributed by atoms with Gasteiger partial charge >= 0.3 is 0 Å². The van der Waals surface area contributed by atoms with E-state index < -0.39 is 0 Å². The Morgan fingerprint density at radius 2 is 1.35 bits per heavy atom. The van der Waals surface area contributed by atoms with Gasteiger partial charge in [0, 0.05) is 23.0 Å². The van der Waals surface area contributed by atoms with Crippen LogP contribution in [0.15, 0.2) is 11.6 Å². The van der Waals surface area contributed by atoms with Gasteiger partial charge in [-0.1, -0.05) is 50.2 Å². The number of hydrogen-bond donors (Lipinski definition) is 0. The first kappa shape index (κ1) is 15.3. The van der Waals surface area contributed by atoms with Crippen molar-refractivity contribution in [2.45, 2.75) is 77.0 Å². The second-order valence-corrected chi connectivity index (χ2v) is 5.36. The molecule has 3 aliphatic carbocycles. The molecule has 17 heavy (non-hydrogen) atoms. The monoisotopic (exact) mass is 274 g/mol. The third-order valence-corrected chi connectivity index (χ3v) is 3.99. The minimum Gasteiger partial charge on any atom is -0.0847 e. The number of hydrogen-bond acceptors (Lipinski definition) is 0. The van der Waals surface area contributed by atoms with Gasteiger partial charge in [0.2, 0.25) is 0 Å². The van der Waals surface area contributed by atoms with Gasteiger partial charge in [-0.05, 0) is 44.9 Å². The van der Waals surface area contributed by atoms with Crippen LogP contribution in [0.4, 0.5) is 0 Å². The fraction of sp³-hybridized carbons (Fsp3) is 0.750. The molecular weight excluding hydrogens is 248 g/mol. The molecule has 98 valence electrons. The molecule has 1 heteroatoms. The molecule has 0 amide bonds. The molecule has 0 nitrogen and oxygen atoms in total. The Labute approximate surface area is 118 Å². The van der Waals surface area contributed by atoms with Gasteiger partial charge in [-0.15, -0.1) is 0 Å². The Hall–Kier alpha value is 0.259. The summed E-state index contributed by atoms with van der Waals surface area (Å²) in [6.45, 7) is 0. The summed E-state index contributed by atoms with van der Waals surface area (Å²) in [6.07, 6.45) is 22.0. The van der Waals surface area contributed by atoms with Crippen LogP contribution in [-0.2, 0) is 17.1 Å². The minimum absolute atomic E-state index is 0. The summed E-state index contributed by atoms with van der Waals surface area (Å²) >= 11 is 0. The van der Waals surface area contributed by atoms with Crippen molar-refractivity contribution in [2.24, 2.45) is 0 Å². The SMILES string of the molecule is C1CCCC1.[CH]1CCC[C]1C1=CCCCC1.[Fe]. The predicted octanol–water partition coefficient (Wildman–Crippen LogP) is 5.40. The molecule has 3 rings (SSSR count). The van der Waals surface area contributed by atoms with Crippen LogP contribution in [0.25, 0.3) is 0 Å². The van der Waals surface area contributed by atoms with Crippen molar-refractivity contribution >= 4 is 0 Å². The smallest absolute Gasteiger partial charge is 0.00394 e. The van der Waals surface area contributed by atoms with Crippen molar-refractivity contribution in [3.63, 3.8) is 0 Å². The molecule has 0 unspecified atom stereocenters. The average molecular weight is 274 g/mol. The predicted molar refractivity (Wildman–Crippen MR) is 71.0 cm³/mol. The third-order valence-electron chi connectivity index (χ3n) is 3.99. The molecular formula is C16H26Fe. The van der Waals surface area contributed by atoms with Gasteiger partial charge in [-0.3, -0.25) is 0 Å². The summed E-state index contributed by atoms with van der Waals surface area (Å²) in [5.74, 6) is 1.67. The van der Waals surface area contributed by atoms with E-state index in [2.05, 4.69) is 12.5 Å². The van der Waals surface area contributed by atoms with Gasteiger partial charge in [-0.25, -0.2) is 0 Å². The molecule has 2 fully saturated rings. The molecule has 0 N–H and O–H groups in total. The summed E-state index contributed by atoms with van der Waals surface area (Å²) in [4.78, 5) is 0. The van der Waals surface area contributed by atoms with Gasteiger partial charge in [0.05, 0.1) is 0 Å². The largest absolute Gasteiger partial charge is 0.0847 e. The topological polar surface area (TPSA) is 0 Å². The van der Waals surface area contributed by atoms with E-state index >= 15 is 0 Å². The normalized spacial score (nSPS) is 24.6. The molecule has 0 aromatic carbocycles. The molecule has 0 spiro atoms. The van der Waals surface area contributed by atoms with E-state index in [4.69, 9.17) is 0 Å². The zero-order valence-corrected chi connectivity index (χ0v) is 12.1. The van der Waals surface area contributed by atoms with Gasteiger partial charge in [0.1, 0.15) is 0 Å². The van der Waals surface area contributed by atoms with Gasteiger partial charge in [-0.2, -0.15) is 0 Å². The van der Waals surface area contributed by atoms with E-state index in [1.54, 1.807) is 11.5 Å². The van der Waals surface area contributed by atoms with Crippen LogP contribution in [-0.4, -0.2) is 0 Å². The van der Waals surface area contributed by atoms with E-state index in [1.165, 1.54) is 77.0 Å². The fourth-order valence-electron chi connectivity index (χ4n) is 2.98. The van der Waals surface area contributed by atoms with Crippen LogP contribution in [0.5, 0.6) is 0 Å². The Morgan fingerprint density at radius 1 is 0.647 bits per heavy atom. The summed E-state index contributed by atoms with van der Waals surface area (Å²) in [7, 11) is 0. The van der Waals surface area contributed by atoms with Crippen molar-refractivity contribution in [3.8, 4) is 0 Å². The first-order valence-electron chi connectivity index (χ1n) is 7.35. The Kier molecular flexibility index (Phi) is 8.31. The quantitative estimate of drug-likeness (QED) is 0.562. The van der Waals surface area contributed by atoms with Crippen LogP contribution in [0.1, 0.15) is 77.0 Å². The van der Waals surface area contributed by atoms with Crippen molar-refractivity contribution in [2.75, 3.05) is 0 Å². The van der Waals surface area contributed by atoms with Crippen LogP contribution in [0.3, 0.4) is 0 Å². The molecule has 0 aliphatic heterocycles. The Morgan fingerprint density at radius 3 is 1.82 bits per heavy atom. The maximum Gasteiger partial charge on any atom is 0.00394 e. The van der Waals surface area contributed by atoms with E-state index in [-0.39, 0.29) is 17.1 Å². The molecule has 0 atom stereocenters. The Bertz CT molecular complexity index is 202. The van der Waals surface area contributed by atoms with Crippen molar-refractivity contribution < 1.29 is 17.1 Å². The molecule has 0 aromatic heterocycles. The average Bonchev–Trinajstić information content (AvgIpc) is 3.07. The maximum atomic E-state index is 2.46. The standard InChI is InChI=1S/C11H16.C5H10.Fe/c1-2-6-10(7-3-1)11-8-4-5-9-11;1-2-4-5-3-1;/h6,8H,1-5,7,9H2;1-5H2;. The van der Waals surface area contributed by atoms with Crippen LogP contribution in [0.2, 0.25) is 0 Å². The number of allylic oxidation sites excluding steroid dienone is 2. The first-order chi connectivity index (χ1) is 7.97. The molecule has 0 aromatic rings. The van der Waals surface area contributed by atoms with Crippen molar-refractivity contribution in [1.29, 1.82) is 0 Å². The second kappa shape index (κ2) is 9.22. The molecule has 2 radical (unpaired) electrons. The molecule has 0 saturated heterocycles. The summed E-state index contributed by atoms with van der Waals surface area (Å²) in [5.41, 5.74) is 1.67. The van der Waals surface area contributed by atoms with E-state index in [0.29, 0.717) is 0 Å². The summed E-state index contributed by atoms with van der Waals surface area (Å²) in [6, 6.07) is 0. The van der Waals surface area contributed by atoms with Crippen molar-refractivity contribution in [3.05, 3.63) is 24.0 Å². The summed E-state index contributed by atoms with van der Waals surface area (Å²) in [5, 5.41) is 0. The van der Waals surface area contributed by atoms with Crippen LogP contribution in [0, 0.1) is 12.3 Å². The van der Waals surface area contributed by atoms with Crippen molar-refractivity contribution in [1.82, 2.24) is 0 Å². The first-order valence-corrected chi connectivity index (χ1v) is 7.35. The molecule has 0 bridgehead atoms. The summed E-state index contributed by atoms with van der Waals surface area (Å²) < 4.78 is 0. The zero-order chi connectivity index (χ0) is 11.1. The maximum absolute atomic E-state index is 2.46.